The van der Waals surface area contributed by atoms with Crippen LogP contribution in [0.2, 0.25) is 0 Å². The molecule has 0 radical (unpaired) electrons. The number of aryl methyl sites for hydroxylation is 1. The van der Waals surface area contributed by atoms with E-state index in [-0.39, 0.29) is 11.9 Å². The number of hydrogen-bond acceptors (Lipinski definition) is 4. The lowest BCUT2D eigenvalue weighted by atomic mass is 9.48. The van der Waals surface area contributed by atoms with Crippen molar-refractivity contribution in [2.75, 3.05) is 19.7 Å². The van der Waals surface area contributed by atoms with Gasteiger partial charge < -0.3 is 15.2 Å². The normalized spacial score (nSPS) is 37.8. The van der Waals surface area contributed by atoms with Crippen LogP contribution in [0.15, 0.2) is 24.3 Å². The fourth-order valence-electron chi connectivity index (χ4n) is 6.74. The number of nitrogens with zero attached hydrogens (tertiary/aromatic N) is 1. The first-order chi connectivity index (χ1) is 14.4. The number of ether oxygens (including phenoxy) is 1. The summed E-state index contributed by atoms with van der Waals surface area (Å²) in [7, 11) is 0. The maximum Gasteiger partial charge on any atom is 0.309 e. The molecule has 1 heterocycles. The molecule has 4 aliphatic carbocycles. The van der Waals surface area contributed by atoms with Crippen molar-refractivity contribution in [2.45, 2.75) is 57.7 Å². The number of carbonyl (C=O) groups excluding carboxylic acids is 1. The third-order valence-electron chi connectivity index (χ3n) is 8.01. The summed E-state index contributed by atoms with van der Waals surface area (Å²) in [4.78, 5) is 27.3. The second-order valence-corrected chi connectivity index (χ2v) is 10.2. The highest BCUT2D eigenvalue weighted by molar-refractivity contribution is 5.82. The van der Waals surface area contributed by atoms with Gasteiger partial charge in [-0.15, -0.1) is 0 Å². The summed E-state index contributed by atoms with van der Waals surface area (Å²) in [5.41, 5.74) is 1.96. The molecule has 3 atom stereocenters. The quantitative estimate of drug-likeness (QED) is 0.777. The van der Waals surface area contributed by atoms with Crippen molar-refractivity contribution in [2.24, 2.45) is 23.2 Å². The van der Waals surface area contributed by atoms with Crippen molar-refractivity contribution in [3.05, 3.63) is 35.4 Å². The van der Waals surface area contributed by atoms with Gasteiger partial charge in [-0.25, -0.2) is 0 Å². The lowest BCUT2D eigenvalue weighted by Gasteiger charge is -2.58. The molecule has 1 saturated heterocycles. The van der Waals surface area contributed by atoms with Crippen molar-refractivity contribution < 1.29 is 19.4 Å². The van der Waals surface area contributed by atoms with Crippen LogP contribution in [-0.2, 0) is 20.9 Å². The van der Waals surface area contributed by atoms with Gasteiger partial charge in [0.2, 0.25) is 0 Å². The van der Waals surface area contributed by atoms with E-state index < -0.39 is 17.5 Å². The molecule has 1 aromatic rings. The monoisotopic (exact) mass is 412 g/mol. The molecule has 1 aromatic carbocycles. The minimum atomic E-state index is -0.631. The number of carboxylic acids is 1. The number of morpholine rings is 1. The van der Waals surface area contributed by atoms with Gasteiger partial charge in [-0.05, 0) is 62.3 Å². The smallest absolute Gasteiger partial charge is 0.309 e. The van der Waals surface area contributed by atoms with E-state index in [0.717, 1.165) is 32.4 Å². The molecule has 5 fully saturated rings. The van der Waals surface area contributed by atoms with Gasteiger partial charge in [0.15, 0.2) is 0 Å². The van der Waals surface area contributed by atoms with E-state index in [1.165, 1.54) is 11.1 Å². The molecule has 4 saturated carbocycles. The zero-order valence-electron chi connectivity index (χ0n) is 17.7. The molecule has 2 unspecified atom stereocenters. The number of carboxylic acid groups (broad SMARTS) is 1. The second kappa shape index (κ2) is 7.65. The van der Waals surface area contributed by atoms with Gasteiger partial charge in [-0.2, -0.15) is 0 Å². The lowest BCUT2D eigenvalue weighted by molar-refractivity contribution is -0.168. The Labute approximate surface area is 178 Å². The summed E-state index contributed by atoms with van der Waals surface area (Å²) in [5, 5.41) is 13.1. The average molecular weight is 413 g/mol. The molecule has 6 nitrogen and oxygen atoms in total. The SMILES string of the molecule is Cc1ccc(CN2CCO[C@@H](C(=O)NC3C4CC5CC3CC(C(=O)O)(C5)C4)C2)cc1. The van der Waals surface area contributed by atoms with Gasteiger partial charge in [0.05, 0.1) is 12.0 Å². The number of aliphatic carboxylic acids is 1. The Hall–Kier alpha value is -1.92. The molecule has 6 rings (SSSR count). The molecule has 0 spiro atoms. The van der Waals surface area contributed by atoms with Crippen molar-refractivity contribution >= 4 is 11.9 Å². The predicted molar refractivity (Wildman–Crippen MR) is 112 cm³/mol. The van der Waals surface area contributed by atoms with Crippen LogP contribution >= 0.6 is 0 Å². The first-order valence-electron chi connectivity index (χ1n) is 11.4. The second-order valence-electron chi connectivity index (χ2n) is 10.2. The van der Waals surface area contributed by atoms with E-state index in [2.05, 4.69) is 41.4 Å². The number of carbonyl (C=O) groups is 2. The molecule has 1 amide bonds. The van der Waals surface area contributed by atoms with Crippen LogP contribution in [0.3, 0.4) is 0 Å². The Morgan fingerprint density at radius 2 is 1.87 bits per heavy atom. The van der Waals surface area contributed by atoms with Crippen molar-refractivity contribution in [1.82, 2.24) is 10.2 Å². The Morgan fingerprint density at radius 3 is 2.53 bits per heavy atom. The lowest BCUT2D eigenvalue weighted by Crippen LogP contribution is -2.62. The first-order valence-corrected chi connectivity index (χ1v) is 11.4. The summed E-state index contributed by atoms with van der Waals surface area (Å²) >= 11 is 0. The average Bonchev–Trinajstić information content (AvgIpc) is 2.72. The van der Waals surface area contributed by atoms with Gasteiger partial charge in [0.25, 0.3) is 5.91 Å². The predicted octanol–water partition coefficient (Wildman–Crippen LogP) is 2.59. The highest BCUT2D eigenvalue weighted by Gasteiger charge is 2.59. The highest BCUT2D eigenvalue weighted by Crippen LogP contribution is 2.60. The molecule has 0 aromatic heterocycles. The Kier molecular flexibility index (Phi) is 5.10. The minimum Gasteiger partial charge on any atom is -0.481 e. The number of rotatable bonds is 5. The van der Waals surface area contributed by atoms with Crippen molar-refractivity contribution in [1.29, 1.82) is 0 Å². The minimum absolute atomic E-state index is 0.0227. The Morgan fingerprint density at radius 1 is 1.17 bits per heavy atom. The van der Waals surface area contributed by atoms with Crippen LogP contribution in [-0.4, -0.2) is 53.7 Å². The molecular weight excluding hydrogens is 380 g/mol. The third-order valence-corrected chi connectivity index (χ3v) is 8.01. The Balaban J connectivity index is 1.20. The topological polar surface area (TPSA) is 78.9 Å². The number of amides is 1. The van der Waals surface area contributed by atoms with Crippen LogP contribution in [0.1, 0.15) is 43.2 Å². The van der Waals surface area contributed by atoms with Crippen LogP contribution in [0.5, 0.6) is 0 Å². The van der Waals surface area contributed by atoms with Gasteiger partial charge in [-0.1, -0.05) is 29.8 Å². The van der Waals surface area contributed by atoms with E-state index in [0.29, 0.717) is 43.7 Å². The Bertz CT molecular complexity index is 807. The molecule has 4 bridgehead atoms. The molecule has 1 aliphatic heterocycles. The molecule has 30 heavy (non-hydrogen) atoms. The fraction of sp³-hybridized carbons (Fsp3) is 0.667. The fourth-order valence-corrected chi connectivity index (χ4v) is 6.74. The van der Waals surface area contributed by atoms with Crippen molar-refractivity contribution in [3.8, 4) is 0 Å². The number of benzene rings is 1. The summed E-state index contributed by atoms with van der Waals surface area (Å²) in [6.45, 7) is 4.90. The van der Waals surface area contributed by atoms with E-state index in [9.17, 15) is 14.7 Å². The van der Waals surface area contributed by atoms with Crippen molar-refractivity contribution in [3.63, 3.8) is 0 Å². The summed E-state index contributed by atoms with van der Waals surface area (Å²) in [5.74, 6) is 0.453. The van der Waals surface area contributed by atoms with E-state index in [1.54, 1.807) is 0 Å². The molecule has 162 valence electrons. The first kappa shape index (κ1) is 20.0. The molecule has 2 N–H and O–H groups in total. The van der Waals surface area contributed by atoms with Gasteiger partial charge in [-0.3, -0.25) is 14.5 Å². The van der Waals surface area contributed by atoms with Crippen LogP contribution < -0.4 is 5.32 Å². The van der Waals surface area contributed by atoms with Gasteiger partial charge in [0, 0.05) is 25.7 Å². The van der Waals surface area contributed by atoms with Gasteiger partial charge in [0.1, 0.15) is 6.10 Å². The van der Waals surface area contributed by atoms with Crippen LogP contribution in [0.4, 0.5) is 0 Å². The summed E-state index contributed by atoms with van der Waals surface area (Å²) < 4.78 is 5.83. The molecule has 5 aliphatic rings. The molecular formula is C24H32N2O4. The zero-order valence-corrected chi connectivity index (χ0v) is 17.7. The molecule has 6 heteroatoms. The van der Waals surface area contributed by atoms with Crippen LogP contribution in [0, 0.1) is 30.1 Å². The van der Waals surface area contributed by atoms with Gasteiger partial charge >= 0.3 is 5.97 Å². The summed E-state index contributed by atoms with van der Waals surface area (Å²) in [6, 6.07) is 8.64. The maximum absolute atomic E-state index is 13.1. The third kappa shape index (κ3) is 3.65. The maximum atomic E-state index is 13.1. The van der Waals surface area contributed by atoms with E-state index >= 15 is 0 Å². The highest BCUT2D eigenvalue weighted by atomic mass is 16.5. The number of hydrogen-bond donors (Lipinski definition) is 2. The largest absolute Gasteiger partial charge is 0.481 e. The van der Waals surface area contributed by atoms with E-state index in [4.69, 9.17) is 4.74 Å². The zero-order chi connectivity index (χ0) is 20.9. The standard InChI is InChI=1S/C24H32N2O4/c1-15-2-4-16(5-3-15)13-26-6-7-30-20(14-26)22(27)25-21-18-8-17-9-19(21)12-24(10-17,11-18)23(28)29/h2-5,17-21H,6-14H2,1H3,(H,25,27)(H,28,29)/t17?,18?,19?,20-,21?,24?/m1/s1. The summed E-state index contributed by atoms with van der Waals surface area (Å²) in [6.07, 6.45) is 3.92. The number of nitrogens with one attached hydrogen (secondary N) is 1. The van der Waals surface area contributed by atoms with Crippen LogP contribution in [0.25, 0.3) is 0 Å². The van der Waals surface area contributed by atoms with E-state index in [1.807, 2.05) is 0 Å².